The summed E-state index contributed by atoms with van der Waals surface area (Å²) in [4.78, 5) is 2.68. The summed E-state index contributed by atoms with van der Waals surface area (Å²) < 4.78 is 2.76. The van der Waals surface area contributed by atoms with Crippen LogP contribution in [0.4, 0.5) is 0 Å². The fourth-order valence-corrected chi connectivity index (χ4v) is 13.6. The minimum absolute atomic E-state index is 0.508. The Balaban J connectivity index is 2.25. The van der Waals surface area contributed by atoms with Gasteiger partial charge in [0.05, 0.1) is 11.6 Å². The largest absolute Gasteiger partial charge is 0.373 e. The monoisotopic (exact) mass is 437 g/mol. The maximum Gasteiger partial charge on any atom is 0.169 e. The lowest BCUT2D eigenvalue weighted by molar-refractivity contribution is 0.192. The summed E-state index contributed by atoms with van der Waals surface area (Å²) in [5.41, 5.74) is 7.03. The first-order valence-electron chi connectivity index (χ1n) is 12.5. The molecule has 0 amide bonds. The van der Waals surface area contributed by atoms with Crippen LogP contribution in [0, 0.1) is 11.3 Å². The number of nitriles is 1. The van der Waals surface area contributed by atoms with Crippen molar-refractivity contribution in [3.05, 3.63) is 35.0 Å². The quantitative estimate of drug-likeness (QED) is 0.391. The fraction of sp³-hybridized carbons (Fsp3) is 0.667. The van der Waals surface area contributed by atoms with Crippen LogP contribution in [0.5, 0.6) is 0 Å². The van der Waals surface area contributed by atoms with Crippen molar-refractivity contribution in [3.63, 3.8) is 0 Å². The average Bonchev–Trinajstić information content (AvgIpc) is 3.07. The molecule has 3 rings (SSSR count). The van der Waals surface area contributed by atoms with Gasteiger partial charge in [-0.3, -0.25) is 4.90 Å². The molecular weight excluding hydrogens is 394 g/mol. The van der Waals surface area contributed by atoms with Gasteiger partial charge < -0.3 is 4.23 Å². The van der Waals surface area contributed by atoms with Crippen LogP contribution in [0.1, 0.15) is 84.9 Å². The number of benzene rings is 1. The number of hydrogen-bond donors (Lipinski definition) is 0. The Hall–Kier alpha value is -1.57. The van der Waals surface area contributed by atoms with Crippen LogP contribution in [0.2, 0.25) is 16.6 Å². The van der Waals surface area contributed by atoms with E-state index in [0.717, 1.165) is 31.5 Å². The molecule has 1 aromatic carbocycles. The standard InChI is InChI=1S/C27H43N3Si/c1-9-13-29(14-10-2)24-15-23-18-30(31(19(3)4,20(5)6)21(7)8)26-12-11-22(17-28)25(16-24)27(23)26/h11-12,18-21,24H,9-10,13-16H2,1-8H3. The third kappa shape index (κ3) is 3.89. The molecule has 170 valence electrons. The molecule has 1 unspecified atom stereocenters. The molecule has 1 aromatic heterocycles. The van der Waals surface area contributed by atoms with E-state index in [2.05, 4.69) is 88.9 Å². The van der Waals surface area contributed by atoms with Gasteiger partial charge in [0.1, 0.15) is 0 Å². The summed E-state index contributed by atoms with van der Waals surface area (Å²) in [6.45, 7) is 21.5. The van der Waals surface area contributed by atoms with Crippen LogP contribution in [-0.2, 0) is 12.8 Å². The summed E-state index contributed by atoms with van der Waals surface area (Å²) in [6.07, 6.45) is 7.03. The Morgan fingerprint density at radius 1 is 1.00 bits per heavy atom. The number of rotatable bonds is 9. The van der Waals surface area contributed by atoms with E-state index in [1.165, 1.54) is 34.9 Å². The van der Waals surface area contributed by atoms with Crippen molar-refractivity contribution >= 4 is 19.1 Å². The number of hydrogen-bond acceptors (Lipinski definition) is 2. The van der Waals surface area contributed by atoms with Gasteiger partial charge in [0.15, 0.2) is 8.24 Å². The normalized spacial score (nSPS) is 16.8. The van der Waals surface area contributed by atoms with Crippen LogP contribution in [0.25, 0.3) is 10.9 Å². The Morgan fingerprint density at radius 2 is 1.58 bits per heavy atom. The smallest absolute Gasteiger partial charge is 0.169 e. The van der Waals surface area contributed by atoms with Crippen molar-refractivity contribution in [2.45, 2.75) is 104 Å². The van der Waals surface area contributed by atoms with E-state index in [1.807, 2.05) is 0 Å². The molecule has 0 spiro atoms. The van der Waals surface area contributed by atoms with Gasteiger partial charge in [-0.2, -0.15) is 5.26 Å². The zero-order chi connectivity index (χ0) is 22.9. The lowest BCUT2D eigenvalue weighted by Gasteiger charge is -2.44. The second-order valence-corrected chi connectivity index (χ2v) is 16.3. The molecule has 0 saturated carbocycles. The van der Waals surface area contributed by atoms with Crippen molar-refractivity contribution in [2.75, 3.05) is 13.1 Å². The molecule has 1 aliphatic rings. The molecule has 3 nitrogen and oxygen atoms in total. The number of aromatic nitrogens is 1. The van der Waals surface area contributed by atoms with Crippen LogP contribution in [0.15, 0.2) is 18.3 Å². The van der Waals surface area contributed by atoms with Crippen molar-refractivity contribution in [1.29, 1.82) is 5.26 Å². The van der Waals surface area contributed by atoms with Gasteiger partial charge in [-0.25, -0.2) is 0 Å². The van der Waals surface area contributed by atoms with Crippen LogP contribution >= 0.6 is 0 Å². The summed E-state index contributed by atoms with van der Waals surface area (Å²) in [5.74, 6) is 0. The zero-order valence-corrected chi connectivity index (χ0v) is 22.1. The van der Waals surface area contributed by atoms with Crippen molar-refractivity contribution in [1.82, 2.24) is 9.13 Å². The molecule has 1 aliphatic carbocycles. The van der Waals surface area contributed by atoms with Gasteiger partial charge >= 0.3 is 0 Å². The third-order valence-corrected chi connectivity index (χ3v) is 14.7. The third-order valence-electron chi connectivity index (χ3n) is 7.90. The maximum atomic E-state index is 9.93. The van der Waals surface area contributed by atoms with E-state index in [1.54, 1.807) is 0 Å². The lowest BCUT2D eigenvalue weighted by atomic mass is 9.86. The summed E-state index contributed by atoms with van der Waals surface area (Å²) in [5, 5.41) is 11.3. The molecule has 0 N–H and O–H groups in total. The minimum Gasteiger partial charge on any atom is -0.373 e. The van der Waals surface area contributed by atoms with Crippen molar-refractivity contribution < 1.29 is 0 Å². The second-order valence-electron chi connectivity index (χ2n) is 10.6. The first kappa shape index (κ1) is 24.1. The molecule has 0 bridgehead atoms. The molecule has 1 heterocycles. The van der Waals surface area contributed by atoms with Gasteiger partial charge in [-0.05, 0) is 84.9 Å². The molecule has 0 radical (unpaired) electrons. The first-order chi connectivity index (χ1) is 14.7. The zero-order valence-electron chi connectivity index (χ0n) is 21.1. The Bertz CT molecular complexity index is 920. The molecule has 31 heavy (non-hydrogen) atoms. The molecule has 4 heteroatoms. The molecule has 0 fully saturated rings. The molecule has 0 saturated heterocycles. The Labute approximate surface area is 191 Å². The fourth-order valence-electron chi connectivity index (χ4n) is 6.98. The maximum absolute atomic E-state index is 9.93. The van der Waals surface area contributed by atoms with Crippen molar-refractivity contribution in [2.24, 2.45) is 0 Å². The highest BCUT2D eigenvalue weighted by Crippen LogP contribution is 2.46. The van der Waals surface area contributed by atoms with E-state index in [4.69, 9.17) is 0 Å². The molecule has 0 aliphatic heterocycles. The van der Waals surface area contributed by atoms with E-state index in [0.29, 0.717) is 22.7 Å². The summed E-state index contributed by atoms with van der Waals surface area (Å²) >= 11 is 0. The Kier molecular flexibility index (Phi) is 7.38. The van der Waals surface area contributed by atoms with E-state index in [9.17, 15) is 5.26 Å². The topological polar surface area (TPSA) is 32.0 Å². The molecule has 1 atom stereocenters. The summed E-state index contributed by atoms with van der Waals surface area (Å²) in [6, 6.07) is 7.39. The second kappa shape index (κ2) is 9.51. The number of nitrogens with zero attached hydrogens (tertiary/aromatic N) is 3. The van der Waals surface area contributed by atoms with Crippen LogP contribution in [-0.4, -0.2) is 36.5 Å². The van der Waals surface area contributed by atoms with Crippen LogP contribution in [0.3, 0.4) is 0 Å². The lowest BCUT2D eigenvalue weighted by Crippen LogP contribution is -2.51. The highest BCUT2D eigenvalue weighted by atomic mass is 28.3. The van der Waals surface area contributed by atoms with Gasteiger partial charge in [0, 0.05) is 16.9 Å². The molecular formula is C27H43N3Si. The predicted molar refractivity (Wildman–Crippen MR) is 136 cm³/mol. The minimum atomic E-state index is -1.85. The highest BCUT2D eigenvalue weighted by molar-refractivity contribution is 6.82. The Morgan fingerprint density at radius 3 is 2.06 bits per heavy atom. The molecule has 2 aromatic rings. The van der Waals surface area contributed by atoms with Crippen molar-refractivity contribution in [3.8, 4) is 6.07 Å². The first-order valence-corrected chi connectivity index (χ1v) is 14.7. The van der Waals surface area contributed by atoms with Crippen LogP contribution < -0.4 is 0 Å². The summed E-state index contributed by atoms with van der Waals surface area (Å²) in [7, 11) is -1.85. The van der Waals surface area contributed by atoms with E-state index < -0.39 is 8.24 Å². The predicted octanol–water partition coefficient (Wildman–Crippen LogP) is 7.13. The SMILES string of the molecule is CCCN(CCC)C1Cc2cn([Si](C(C)C)(C(C)C)C(C)C)c3ccc(C#N)c(c23)C1. The van der Waals surface area contributed by atoms with Gasteiger partial charge in [-0.15, -0.1) is 0 Å². The van der Waals surface area contributed by atoms with Gasteiger partial charge in [-0.1, -0.05) is 55.4 Å². The van der Waals surface area contributed by atoms with Gasteiger partial charge in [0.2, 0.25) is 0 Å². The van der Waals surface area contributed by atoms with E-state index in [-0.39, 0.29) is 0 Å². The van der Waals surface area contributed by atoms with Gasteiger partial charge in [0.25, 0.3) is 0 Å². The van der Waals surface area contributed by atoms with E-state index >= 15 is 0 Å². The average molecular weight is 438 g/mol. The highest BCUT2D eigenvalue weighted by Gasteiger charge is 2.46.